The van der Waals surface area contributed by atoms with Crippen LogP contribution in [0.15, 0.2) is 71.1 Å². The fraction of sp³-hybridized carbons (Fsp3) is 0.0435. The zero-order chi connectivity index (χ0) is 21.3. The molecule has 0 atom stereocenters. The van der Waals surface area contributed by atoms with Gasteiger partial charge in [0.05, 0.1) is 22.8 Å². The molecule has 4 aromatic rings. The van der Waals surface area contributed by atoms with Crippen LogP contribution in [0.4, 0.5) is 5.69 Å². The molecule has 1 amide bonds. The number of halogens is 2. The van der Waals surface area contributed by atoms with E-state index >= 15 is 0 Å². The number of hydrogen-bond acceptors (Lipinski definition) is 4. The molecule has 0 aliphatic rings. The van der Waals surface area contributed by atoms with Crippen molar-refractivity contribution in [3.8, 4) is 5.75 Å². The number of carbonyl (C=O) groups excluding carboxylic acids is 2. The molecular formula is C23H15Cl2NO4. The summed E-state index contributed by atoms with van der Waals surface area (Å²) in [5.41, 5.74) is 1.43. The first kappa shape index (κ1) is 20.0. The van der Waals surface area contributed by atoms with Crippen LogP contribution in [0.1, 0.15) is 26.5 Å². The van der Waals surface area contributed by atoms with E-state index in [-0.39, 0.29) is 38.6 Å². The molecule has 0 saturated carbocycles. The molecule has 4 rings (SSSR count). The van der Waals surface area contributed by atoms with E-state index in [4.69, 9.17) is 32.4 Å². The van der Waals surface area contributed by atoms with Crippen molar-refractivity contribution in [3.63, 3.8) is 0 Å². The summed E-state index contributed by atoms with van der Waals surface area (Å²) in [5, 5.41) is 3.79. The summed E-state index contributed by atoms with van der Waals surface area (Å²) in [7, 11) is 1.44. The lowest BCUT2D eigenvalue weighted by Crippen LogP contribution is -2.14. The molecule has 3 aromatic carbocycles. The van der Waals surface area contributed by atoms with Crippen LogP contribution in [0.25, 0.3) is 11.0 Å². The van der Waals surface area contributed by atoms with Gasteiger partial charge in [-0.15, -0.1) is 0 Å². The van der Waals surface area contributed by atoms with Gasteiger partial charge in [0.25, 0.3) is 5.91 Å². The summed E-state index contributed by atoms with van der Waals surface area (Å²) < 4.78 is 10.9. The molecule has 0 bridgehead atoms. The average Bonchev–Trinajstić information content (AvgIpc) is 3.12. The number of para-hydroxylation sites is 1. The first-order chi connectivity index (χ1) is 14.5. The summed E-state index contributed by atoms with van der Waals surface area (Å²) >= 11 is 12.3. The van der Waals surface area contributed by atoms with Gasteiger partial charge < -0.3 is 14.5 Å². The van der Waals surface area contributed by atoms with Crippen molar-refractivity contribution in [2.45, 2.75) is 0 Å². The Hall–Kier alpha value is -3.28. The Morgan fingerprint density at radius 2 is 1.53 bits per heavy atom. The predicted octanol–water partition coefficient (Wildman–Crippen LogP) is 6.23. The van der Waals surface area contributed by atoms with Gasteiger partial charge >= 0.3 is 0 Å². The summed E-state index contributed by atoms with van der Waals surface area (Å²) in [6, 6.07) is 18.7. The van der Waals surface area contributed by atoms with Crippen molar-refractivity contribution in [3.05, 3.63) is 93.7 Å². The highest BCUT2D eigenvalue weighted by molar-refractivity contribution is 6.38. The molecule has 0 unspecified atom stereocenters. The highest BCUT2D eigenvalue weighted by Crippen LogP contribution is 2.36. The maximum absolute atomic E-state index is 13.0. The molecule has 5 nitrogen and oxygen atoms in total. The molecule has 0 fully saturated rings. The number of fused-ring (bicyclic) bond motifs is 1. The first-order valence-electron chi connectivity index (χ1n) is 8.95. The largest absolute Gasteiger partial charge is 0.494 e. The Morgan fingerprint density at radius 1 is 0.900 bits per heavy atom. The number of rotatable bonds is 5. The van der Waals surface area contributed by atoms with Gasteiger partial charge in [0.1, 0.15) is 5.58 Å². The Labute approximate surface area is 182 Å². The summed E-state index contributed by atoms with van der Waals surface area (Å²) in [4.78, 5) is 26.0. The van der Waals surface area contributed by atoms with Crippen LogP contribution in [0, 0.1) is 0 Å². The third kappa shape index (κ3) is 3.65. The first-order valence-corrected chi connectivity index (χ1v) is 9.71. The van der Waals surface area contributed by atoms with Crippen LogP contribution in [0.5, 0.6) is 5.75 Å². The van der Waals surface area contributed by atoms with Gasteiger partial charge in [-0.25, -0.2) is 0 Å². The number of methoxy groups -OCH3 is 1. The van der Waals surface area contributed by atoms with Crippen LogP contribution in [-0.4, -0.2) is 18.8 Å². The quantitative estimate of drug-likeness (QED) is 0.374. The van der Waals surface area contributed by atoms with E-state index in [0.717, 1.165) is 0 Å². The van der Waals surface area contributed by atoms with Crippen LogP contribution in [-0.2, 0) is 0 Å². The van der Waals surface area contributed by atoms with Gasteiger partial charge in [-0.3, -0.25) is 9.59 Å². The van der Waals surface area contributed by atoms with Crippen molar-refractivity contribution < 1.29 is 18.7 Å². The molecule has 0 spiro atoms. The summed E-state index contributed by atoms with van der Waals surface area (Å²) in [6.07, 6.45) is 0. The maximum Gasteiger partial charge on any atom is 0.255 e. The molecule has 30 heavy (non-hydrogen) atoms. The van der Waals surface area contributed by atoms with E-state index in [1.165, 1.54) is 19.2 Å². The third-order valence-corrected chi connectivity index (χ3v) is 5.10. The number of nitrogens with one attached hydrogen (secondary N) is 1. The smallest absolute Gasteiger partial charge is 0.255 e. The zero-order valence-electron chi connectivity index (χ0n) is 15.7. The molecule has 1 N–H and O–H groups in total. The summed E-state index contributed by atoms with van der Waals surface area (Å²) in [5.74, 6) is -0.506. The maximum atomic E-state index is 13.0. The van der Waals surface area contributed by atoms with Gasteiger partial charge in [0, 0.05) is 16.5 Å². The minimum atomic E-state index is -0.491. The molecule has 1 heterocycles. The van der Waals surface area contributed by atoms with Gasteiger partial charge in [-0.2, -0.15) is 0 Å². The van der Waals surface area contributed by atoms with Gasteiger partial charge in [0.2, 0.25) is 5.78 Å². The number of hydrogen-bond donors (Lipinski definition) is 1. The second-order valence-corrected chi connectivity index (χ2v) is 7.24. The standard InChI is InChI=1S/C23H15Cl2NO4/c1-29-21-16(24)11-14(12-17(21)25)23(28)26-19-15-9-5-6-10-18(15)30-22(19)20(27)13-7-3-2-4-8-13/h2-12H,1H3,(H,26,28). The molecule has 0 saturated heterocycles. The zero-order valence-corrected chi connectivity index (χ0v) is 17.3. The van der Waals surface area contributed by atoms with Crippen molar-refractivity contribution in [2.75, 3.05) is 12.4 Å². The Kier molecular flexibility index (Phi) is 5.48. The highest BCUT2D eigenvalue weighted by Gasteiger charge is 2.24. The Morgan fingerprint density at radius 3 is 2.20 bits per heavy atom. The summed E-state index contributed by atoms with van der Waals surface area (Å²) in [6.45, 7) is 0. The van der Waals surface area contributed by atoms with Crippen LogP contribution in [0.3, 0.4) is 0 Å². The lowest BCUT2D eigenvalue weighted by atomic mass is 10.1. The number of furan rings is 1. The second-order valence-electron chi connectivity index (χ2n) is 6.42. The number of ether oxygens (including phenoxy) is 1. The molecule has 0 aliphatic heterocycles. The number of ketones is 1. The monoisotopic (exact) mass is 439 g/mol. The van der Waals surface area contributed by atoms with E-state index in [1.807, 2.05) is 6.07 Å². The predicted molar refractivity (Wildman–Crippen MR) is 117 cm³/mol. The van der Waals surface area contributed by atoms with E-state index in [9.17, 15) is 9.59 Å². The minimum Gasteiger partial charge on any atom is -0.494 e. The molecular weight excluding hydrogens is 425 g/mol. The SMILES string of the molecule is COc1c(Cl)cc(C(=O)Nc2c(C(=O)c3ccccc3)oc3ccccc23)cc1Cl. The third-order valence-electron chi connectivity index (χ3n) is 4.54. The number of carbonyl (C=O) groups is 2. The van der Waals surface area contributed by atoms with Crippen LogP contribution < -0.4 is 10.1 Å². The molecule has 0 aliphatic carbocycles. The van der Waals surface area contributed by atoms with E-state index in [1.54, 1.807) is 48.5 Å². The Bertz CT molecular complexity index is 1240. The van der Waals surface area contributed by atoms with Crippen molar-refractivity contribution >= 4 is 51.5 Å². The fourth-order valence-corrected chi connectivity index (χ4v) is 3.76. The second kappa shape index (κ2) is 8.22. The van der Waals surface area contributed by atoms with Crippen LogP contribution >= 0.6 is 23.2 Å². The van der Waals surface area contributed by atoms with Gasteiger partial charge in [-0.1, -0.05) is 65.7 Å². The molecule has 150 valence electrons. The van der Waals surface area contributed by atoms with E-state index in [0.29, 0.717) is 16.5 Å². The van der Waals surface area contributed by atoms with Gasteiger partial charge in [0.15, 0.2) is 11.5 Å². The van der Waals surface area contributed by atoms with E-state index in [2.05, 4.69) is 5.32 Å². The number of benzene rings is 3. The topological polar surface area (TPSA) is 68.5 Å². The lowest BCUT2D eigenvalue weighted by Gasteiger charge is -2.10. The number of amides is 1. The van der Waals surface area contributed by atoms with Gasteiger partial charge in [-0.05, 0) is 24.3 Å². The molecule has 1 aromatic heterocycles. The minimum absolute atomic E-state index is 0.0430. The highest BCUT2D eigenvalue weighted by atomic mass is 35.5. The number of anilines is 1. The molecule has 0 radical (unpaired) electrons. The van der Waals surface area contributed by atoms with Crippen molar-refractivity contribution in [2.24, 2.45) is 0 Å². The van der Waals surface area contributed by atoms with E-state index < -0.39 is 5.91 Å². The van der Waals surface area contributed by atoms with Crippen molar-refractivity contribution in [1.29, 1.82) is 0 Å². The Balaban J connectivity index is 1.77. The van der Waals surface area contributed by atoms with Crippen molar-refractivity contribution in [1.82, 2.24) is 0 Å². The lowest BCUT2D eigenvalue weighted by molar-refractivity contribution is 0.101. The fourth-order valence-electron chi connectivity index (χ4n) is 3.12. The molecule has 7 heteroatoms. The normalized spacial score (nSPS) is 10.8. The average molecular weight is 440 g/mol. The van der Waals surface area contributed by atoms with Crippen LogP contribution in [0.2, 0.25) is 10.0 Å².